The largest absolute Gasteiger partial charge is 0.388 e. The smallest absolute Gasteiger partial charge is 0.170 e. The molecule has 1 aromatic carbocycles. The second-order valence-electron chi connectivity index (χ2n) is 2.89. The predicted octanol–water partition coefficient (Wildman–Crippen LogP) is 0.646. The Bertz CT molecular complexity index is 346. The Morgan fingerprint density at radius 3 is 2.71 bits per heavy atom. The predicted molar refractivity (Wildman–Crippen MR) is 52.6 cm³/mol. The van der Waals surface area contributed by atoms with Crippen LogP contribution in [0.5, 0.6) is 0 Å². The van der Waals surface area contributed by atoms with Gasteiger partial charge in [-0.25, -0.2) is 0 Å². The van der Waals surface area contributed by atoms with Crippen LogP contribution in [0.15, 0.2) is 24.3 Å². The standard InChI is InChI=1S/C10H12N2O2/c1-12-8-4-2-3-7(5-8)10(14)9(13)6-11/h2-5,9-10,12-14H,1H3. The van der Waals surface area contributed by atoms with Gasteiger partial charge < -0.3 is 15.5 Å². The zero-order valence-corrected chi connectivity index (χ0v) is 7.81. The minimum absolute atomic E-state index is 0.519. The fourth-order valence-electron chi connectivity index (χ4n) is 1.13. The molecule has 0 fully saturated rings. The van der Waals surface area contributed by atoms with Crippen molar-refractivity contribution in [1.29, 1.82) is 5.26 Å². The zero-order chi connectivity index (χ0) is 10.6. The summed E-state index contributed by atoms with van der Waals surface area (Å²) in [4.78, 5) is 0. The third-order valence-electron chi connectivity index (χ3n) is 1.95. The van der Waals surface area contributed by atoms with Gasteiger partial charge in [-0.1, -0.05) is 12.1 Å². The SMILES string of the molecule is CNc1cccc(C(O)C(O)C#N)c1. The number of rotatable bonds is 3. The zero-order valence-electron chi connectivity index (χ0n) is 7.81. The topological polar surface area (TPSA) is 76.3 Å². The molecular formula is C10H12N2O2. The van der Waals surface area contributed by atoms with Crippen LogP contribution in [0.25, 0.3) is 0 Å². The van der Waals surface area contributed by atoms with Crippen molar-refractivity contribution in [2.24, 2.45) is 0 Å². The molecule has 0 saturated heterocycles. The highest BCUT2D eigenvalue weighted by atomic mass is 16.3. The number of aliphatic hydroxyl groups excluding tert-OH is 2. The van der Waals surface area contributed by atoms with Gasteiger partial charge in [0.1, 0.15) is 6.10 Å². The van der Waals surface area contributed by atoms with E-state index in [4.69, 9.17) is 10.4 Å². The number of nitrogens with zero attached hydrogens (tertiary/aromatic N) is 1. The molecule has 0 amide bonds. The van der Waals surface area contributed by atoms with Gasteiger partial charge >= 0.3 is 0 Å². The Hall–Kier alpha value is -1.57. The van der Waals surface area contributed by atoms with Gasteiger partial charge in [-0.15, -0.1) is 0 Å². The highest BCUT2D eigenvalue weighted by molar-refractivity contribution is 5.45. The molecule has 0 aliphatic rings. The summed E-state index contributed by atoms with van der Waals surface area (Å²) in [6.45, 7) is 0. The lowest BCUT2D eigenvalue weighted by atomic mass is 10.0. The molecule has 2 unspecified atom stereocenters. The molecule has 14 heavy (non-hydrogen) atoms. The Balaban J connectivity index is 2.90. The molecule has 1 rings (SSSR count). The van der Waals surface area contributed by atoms with Crippen molar-refractivity contribution in [3.05, 3.63) is 29.8 Å². The molecule has 3 N–H and O–H groups in total. The minimum atomic E-state index is -1.39. The minimum Gasteiger partial charge on any atom is -0.388 e. The summed E-state index contributed by atoms with van der Waals surface area (Å²) in [7, 11) is 1.76. The van der Waals surface area contributed by atoms with Crippen LogP contribution in [0.4, 0.5) is 5.69 Å². The van der Waals surface area contributed by atoms with Gasteiger partial charge in [-0.2, -0.15) is 5.26 Å². The molecular weight excluding hydrogens is 180 g/mol. The summed E-state index contributed by atoms with van der Waals surface area (Å²) >= 11 is 0. The van der Waals surface area contributed by atoms with Gasteiger partial charge in [0.25, 0.3) is 0 Å². The number of benzene rings is 1. The van der Waals surface area contributed by atoms with E-state index in [-0.39, 0.29) is 0 Å². The molecule has 0 aromatic heterocycles. The number of nitriles is 1. The van der Waals surface area contributed by atoms with Crippen LogP contribution in [0, 0.1) is 11.3 Å². The highest BCUT2D eigenvalue weighted by Crippen LogP contribution is 2.19. The van der Waals surface area contributed by atoms with E-state index >= 15 is 0 Å². The normalized spacial score (nSPS) is 14.1. The Morgan fingerprint density at radius 1 is 1.43 bits per heavy atom. The van der Waals surface area contributed by atoms with Crippen molar-refractivity contribution in [2.75, 3.05) is 12.4 Å². The second kappa shape index (κ2) is 4.61. The van der Waals surface area contributed by atoms with Crippen molar-refractivity contribution in [1.82, 2.24) is 0 Å². The molecule has 0 heterocycles. The molecule has 4 nitrogen and oxygen atoms in total. The van der Waals surface area contributed by atoms with Gasteiger partial charge in [0.15, 0.2) is 6.10 Å². The van der Waals surface area contributed by atoms with Crippen LogP contribution in [0.1, 0.15) is 11.7 Å². The van der Waals surface area contributed by atoms with E-state index in [2.05, 4.69) is 5.32 Å². The lowest BCUT2D eigenvalue weighted by Gasteiger charge is -2.12. The Labute approximate surface area is 82.4 Å². The van der Waals surface area contributed by atoms with Crippen molar-refractivity contribution in [3.8, 4) is 6.07 Å². The monoisotopic (exact) mass is 192 g/mol. The molecule has 0 aliphatic heterocycles. The number of anilines is 1. The van der Waals surface area contributed by atoms with Crippen molar-refractivity contribution >= 4 is 5.69 Å². The lowest BCUT2D eigenvalue weighted by molar-refractivity contribution is 0.0528. The first-order chi connectivity index (χ1) is 6.69. The summed E-state index contributed by atoms with van der Waals surface area (Å²) in [5.74, 6) is 0. The van der Waals surface area contributed by atoms with Gasteiger partial charge in [-0.3, -0.25) is 0 Å². The molecule has 1 aromatic rings. The van der Waals surface area contributed by atoms with Crippen LogP contribution < -0.4 is 5.32 Å². The van der Waals surface area contributed by atoms with Crippen molar-refractivity contribution < 1.29 is 10.2 Å². The molecule has 0 aliphatic carbocycles. The Kier molecular flexibility index (Phi) is 3.46. The number of aliphatic hydroxyl groups is 2. The maximum Gasteiger partial charge on any atom is 0.170 e. The molecule has 0 radical (unpaired) electrons. The maximum atomic E-state index is 9.51. The fraction of sp³-hybridized carbons (Fsp3) is 0.300. The molecule has 0 bridgehead atoms. The summed E-state index contributed by atoms with van der Waals surface area (Å²) < 4.78 is 0. The maximum absolute atomic E-state index is 9.51. The van der Waals surface area contributed by atoms with Gasteiger partial charge in [0, 0.05) is 12.7 Å². The third-order valence-corrected chi connectivity index (χ3v) is 1.95. The molecule has 0 saturated carbocycles. The van der Waals surface area contributed by atoms with Gasteiger partial charge in [-0.05, 0) is 17.7 Å². The lowest BCUT2D eigenvalue weighted by Crippen LogP contribution is -2.15. The highest BCUT2D eigenvalue weighted by Gasteiger charge is 2.17. The van der Waals surface area contributed by atoms with Crippen LogP contribution in [-0.4, -0.2) is 23.4 Å². The third kappa shape index (κ3) is 2.22. The second-order valence-corrected chi connectivity index (χ2v) is 2.89. The first kappa shape index (κ1) is 10.5. The molecule has 4 heteroatoms. The average Bonchev–Trinajstić information content (AvgIpc) is 2.27. The molecule has 2 atom stereocenters. The van der Waals surface area contributed by atoms with Gasteiger partial charge in [0.2, 0.25) is 0 Å². The van der Waals surface area contributed by atoms with Crippen LogP contribution in [-0.2, 0) is 0 Å². The van der Waals surface area contributed by atoms with Crippen molar-refractivity contribution in [2.45, 2.75) is 12.2 Å². The number of hydrogen-bond donors (Lipinski definition) is 3. The molecule has 0 spiro atoms. The van der Waals surface area contributed by atoms with Crippen molar-refractivity contribution in [3.63, 3.8) is 0 Å². The van der Waals surface area contributed by atoms with E-state index in [0.29, 0.717) is 5.56 Å². The first-order valence-electron chi connectivity index (χ1n) is 4.22. The summed E-state index contributed by atoms with van der Waals surface area (Å²) in [6.07, 6.45) is -2.55. The van der Waals surface area contributed by atoms with E-state index in [0.717, 1.165) is 5.69 Å². The first-order valence-corrected chi connectivity index (χ1v) is 4.22. The van der Waals surface area contributed by atoms with E-state index in [1.807, 2.05) is 6.07 Å². The van der Waals surface area contributed by atoms with Crippen LogP contribution >= 0.6 is 0 Å². The van der Waals surface area contributed by atoms with Gasteiger partial charge in [0.05, 0.1) is 6.07 Å². The van der Waals surface area contributed by atoms with E-state index < -0.39 is 12.2 Å². The summed E-state index contributed by atoms with van der Waals surface area (Å²) in [6, 6.07) is 8.50. The van der Waals surface area contributed by atoms with E-state index in [9.17, 15) is 5.11 Å². The molecule has 74 valence electrons. The summed E-state index contributed by atoms with van der Waals surface area (Å²) in [5, 5.41) is 29.9. The van der Waals surface area contributed by atoms with Crippen LogP contribution in [0.2, 0.25) is 0 Å². The number of nitrogens with one attached hydrogen (secondary N) is 1. The number of hydrogen-bond acceptors (Lipinski definition) is 4. The van der Waals surface area contributed by atoms with E-state index in [1.165, 1.54) is 0 Å². The summed E-state index contributed by atoms with van der Waals surface area (Å²) in [5.41, 5.74) is 1.34. The fourth-order valence-corrected chi connectivity index (χ4v) is 1.13. The Morgan fingerprint density at radius 2 is 2.14 bits per heavy atom. The quantitative estimate of drug-likeness (QED) is 0.614. The van der Waals surface area contributed by atoms with Crippen LogP contribution in [0.3, 0.4) is 0 Å². The average molecular weight is 192 g/mol. The van der Waals surface area contributed by atoms with E-state index in [1.54, 1.807) is 31.3 Å².